The van der Waals surface area contributed by atoms with Crippen LogP contribution < -0.4 is 10.0 Å². The lowest BCUT2D eigenvalue weighted by Gasteiger charge is -2.09. The number of nitrogens with one attached hydrogen (secondary N) is 2. The van der Waals surface area contributed by atoms with Gasteiger partial charge in [-0.05, 0) is 48.5 Å². The van der Waals surface area contributed by atoms with Crippen molar-refractivity contribution in [3.8, 4) is 0 Å². The van der Waals surface area contributed by atoms with Gasteiger partial charge in [-0.15, -0.1) is 11.3 Å². The standard InChI is InChI=1S/C16H12FN3O3S2/c17-12-3-7-14(8-4-12)25(22,23)20-13-5-1-11(2-6-13)15(21)19-16-18-9-10-24-16/h1-10,20H,(H,18,19,21). The highest BCUT2D eigenvalue weighted by molar-refractivity contribution is 7.92. The van der Waals surface area contributed by atoms with E-state index in [1.165, 1.54) is 47.7 Å². The normalized spacial score (nSPS) is 11.1. The molecule has 0 aliphatic rings. The zero-order valence-corrected chi connectivity index (χ0v) is 14.3. The summed E-state index contributed by atoms with van der Waals surface area (Å²) in [6.07, 6.45) is 1.58. The first kappa shape index (κ1) is 17.1. The van der Waals surface area contributed by atoms with E-state index in [-0.39, 0.29) is 16.5 Å². The van der Waals surface area contributed by atoms with Crippen LogP contribution in [0.2, 0.25) is 0 Å². The molecule has 0 fully saturated rings. The van der Waals surface area contributed by atoms with Crippen molar-refractivity contribution >= 4 is 38.1 Å². The minimum atomic E-state index is -3.83. The maximum Gasteiger partial charge on any atom is 0.261 e. The van der Waals surface area contributed by atoms with Gasteiger partial charge in [-0.25, -0.2) is 17.8 Å². The molecule has 0 saturated carbocycles. The van der Waals surface area contributed by atoms with Crippen LogP contribution in [-0.4, -0.2) is 19.3 Å². The van der Waals surface area contributed by atoms with Crippen molar-refractivity contribution in [2.24, 2.45) is 0 Å². The van der Waals surface area contributed by atoms with Crippen LogP contribution in [0.1, 0.15) is 10.4 Å². The largest absolute Gasteiger partial charge is 0.298 e. The summed E-state index contributed by atoms with van der Waals surface area (Å²) in [7, 11) is -3.83. The van der Waals surface area contributed by atoms with E-state index in [0.29, 0.717) is 10.7 Å². The van der Waals surface area contributed by atoms with Crippen LogP contribution >= 0.6 is 11.3 Å². The van der Waals surface area contributed by atoms with E-state index in [9.17, 15) is 17.6 Å². The van der Waals surface area contributed by atoms with Gasteiger partial charge in [0.1, 0.15) is 5.82 Å². The van der Waals surface area contributed by atoms with Gasteiger partial charge in [0.05, 0.1) is 4.90 Å². The molecule has 0 bridgehead atoms. The molecular formula is C16H12FN3O3S2. The van der Waals surface area contributed by atoms with Gasteiger partial charge >= 0.3 is 0 Å². The number of carbonyl (C=O) groups excluding carboxylic acids is 1. The predicted molar refractivity (Wildman–Crippen MR) is 93.7 cm³/mol. The SMILES string of the molecule is O=C(Nc1nccs1)c1ccc(NS(=O)(=O)c2ccc(F)cc2)cc1. The van der Waals surface area contributed by atoms with Crippen molar-refractivity contribution in [3.63, 3.8) is 0 Å². The fraction of sp³-hybridized carbons (Fsp3) is 0. The number of thiazole rings is 1. The second-order valence-electron chi connectivity index (χ2n) is 4.93. The Hall–Kier alpha value is -2.78. The molecule has 3 aromatic rings. The third-order valence-electron chi connectivity index (χ3n) is 3.18. The number of sulfonamides is 1. The summed E-state index contributed by atoms with van der Waals surface area (Å²) in [4.78, 5) is 15.9. The molecule has 1 aromatic heterocycles. The van der Waals surface area contributed by atoms with Crippen molar-refractivity contribution in [3.05, 3.63) is 71.5 Å². The van der Waals surface area contributed by atoms with Crippen LogP contribution in [0.15, 0.2) is 65.0 Å². The topological polar surface area (TPSA) is 88.2 Å². The van der Waals surface area contributed by atoms with Crippen LogP contribution in [-0.2, 0) is 10.0 Å². The molecule has 2 aromatic carbocycles. The van der Waals surface area contributed by atoms with Crippen molar-refractivity contribution in [2.45, 2.75) is 4.90 Å². The summed E-state index contributed by atoms with van der Waals surface area (Å²) in [5.41, 5.74) is 0.648. The summed E-state index contributed by atoms with van der Waals surface area (Å²) in [6.45, 7) is 0. The number of hydrogen-bond acceptors (Lipinski definition) is 5. The Morgan fingerprint density at radius 3 is 2.32 bits per heavy atom. The number of halogens is 1. The summed E-state index contributed by atoms with van der Waals surface area (Å²) < 4.78 is 39.7. The van der Waals surface area contributed by atoms with Gasteiger partial charge in [0.25, 0.3) is 15.9 Å². The highest BCUT2D eigenvalue weighted by Crippen LogP contribution is 2.18. The number of benzene rings is 2. The smallest absolute Gasteiger partial charge is 0.261 e. The quantitative estimate of drug-likeness (QED) is 0.714. The van der Waals surface area contributed by atoms with E-state index >= 15 is 0 Å². The number of aromatic nitrogens is 1. The van der Waals surface area contributed by atoms with Crippen LogP contribution in [0.5, 0.6) is 0 Å². The van der Waals surface area contributed by atoms with E-state index in [1.807, 2.05) is 0 Å². The molecule has 0 spiro atoms. The lowest BCUT2D eigenvalue weighted by atomic mass is 10.2. The van der Waals surface area contributed by atoms with Gasteiger partial charge in [-0.3, -0.25) is 14.8 Å². The average Bonchev–Trinajstić information content (AvgIpc) is 3.08. The first-order valence-corrected chi connectivity index (χ1v) is 9.40. The fourth-order valence-corrected chi connectivity index (χ4v) is 3.55. The van der Waals surface area contributed by atoms with Gasteiger partial charge in [-0.2, -0.15) is 0 Å². The number of anilines is 2. The summed E-state index contributed by atoms with van der Waals surface area (Å²) >= 11 is 1.29. The maximum atomic E-state index is 12.9. The van der Waals surface area contributed by atoms with E-state index in [0.717, 1.165) is 12.1 Å². The molecule has 0 saturated heterocycles. The Balaban J connectivity index is 1.72. The molecule has 1 heterocycles. The van der Waals surface area contributed by atoms with E-state index in [2.05, 4.69) is 15.0 Å². The molecule has 0 radical (unpaired) electrons. The number of hydrogen-bond donors (Lipinski definition) is 2. The molecule has 25 heavy (non-hydrogen) atoms. The molecule has 0 aliphatic heterocycles. The number of carbonyl (C=O) groups is 1. The number of rotatable bonds is 5. The third kappa shape index (κ3) is 4.20. The Morgan fingerprint density at radius 2 is 1.72 bits per heavy atom. The van der Waals surface area contributed by atoms with Gasteiger partial charge in [0, 0.05) is 22.8 Å². The van der Waals surface area contributed by atoms with Crippen molar-refractivity contribution in [2.75, 3.05) is 10.0 Å². The number of nitrogens with zero attached hydrogens (tertiary/aromatic N) is 1. The molecule has 6 nitrogen and oxygen atoms in total. The van der Waals surface area contributed by atoms with Crippen LogP contribution in [0, 0.1) is 5.82 Å². The molecule has 3 rings (SSSR count). The molecular weight excluding hydrogens is 365 g/mol. The van der Waals surface area contributed by atoms with E-state index in [1.54, 1.807) is 11.6 Å². The van der Waals surface area contributed by atoms with Gasteiger partial charge in [-0.1, -0.05) is 0 Å². The molecule has 0 unspecified atom stereocenters. The average molecular weight is 377 g/mol. The minimum Gasteiger partial charge on any atom is -0.298 e. The monoisotopic (exact) mass is 377 g/mol. The summed E-state index contributed by atoms with van der Waals surface area (Å²) in [5, 5.41) is 4.85. The molecule has 0 atom stereocenters. The van der Waals surface area contributed by atoms with Crippen LogP contribution in [0.4, 0.5) is 15.2 Å². The Bertz CT molecular complexity index is 970. The van der Waals surface area contributed by atoms with Crippen LogP contribution in [0.3, 0.4) is 0 Å². The van der Waals surface area contributed by atoms with Gasteiger partial charge in [0.15, 0.2) is 5.13 Å². The van der Waals surface area contributed by atoms with Crippen molar-refractivity contribution in [1.82, 2.24) is 4.98 Å². The predicted octanol–water partition coefficient (Wildman–Crippen LogP) is 3.34. The molecule has 1 amide bonds. The summed E-state index contributed by atoms with van der Waals surface area (Å²) in [5.74, 6) is -0.863. The Labute approximate surface area is 147 Å². The second kappa shape index (κ2) is 6.99. The Morgan fingerprint density at radius 1 is 1.04 bits per heavy atom. The van der Waals surface area contributed by atoms with Crippen molar-refractivity contribution in [1.29, 1.82) is 0 Å². The fourth-order valence-electron chi connectivity index (χ4n) is 1.97. The lowest BCUT2D eigenvalue weighted by Crippen LogP contribution is -2.14. The molecule has 9 heteroatoms. The summed E-state index contributed by atoms with van der Waals surface area (Å²) in [6, 6.07) is 10.4. The zero-order chi connectivity index (χ0) is 17.9. The Kier molecular flexibility index (Phi) is 4.77. The second-order valence-corrected chi connectivity index (χ2v) is 7.51. The van der Waals surface area contributed by atoms with Gasteiger partial charge < -0.3 is 0 Å². The van der Waals surface area contributed by atoms with E-state index < -0.39 is 15.8 Å². The van der Waals surface area contributed by atoms with Crippen LogP contribution in [0.25, 0.3) is 0 Å². The third-order valence-corrected chi connectivity index (χ3v) is 5.26. The van der Waals surface area contributed by atoms with Gasteiger partial charge in [0.2, 0.25) is 0 Å². The molecule has 2 N–H and O–H groups in total. The highest BCUT2D eigenvalue weighted by Gasteiger charge is 2.14. The lowest BCUT2D eigenvalue weighted by molar-refractivity contribution is 0.102. The number of amides is 1. The first-order chi connectivity index (χ1) is 11.9. The first-order valence-electron chi connectivity index (χ1n) is 7.03. The molecule has 128 valence electrons. The maximum absolute atomic E-state index is 12.9. The van der Waals surface area contributed by atoms with E-state index in [4.69, 9.17) is 0 Å². The zero-order valence-electron chi connectivity index (χ0n) is 12.6. The minimum absolute atomic E-state index is 0.0560. The van der Waals surface area contributed by atoms with Crippen molar-refractivity contribution < 1.29 is 17.6 Å². The molecule has 0 aliphatic carbocycles. The highest BCUT2D eigenvalue weighted by atomic mass is 32.2.